The molecular weight excluding hydrogens is 361 g/mol. The zero-order valence-electron chi connectivity index (χ0n) is 13.2. The molecule has 0 radical (unpaired) electrons. The zero-order valence-corrected chi connectivity index (χ0v) is 15.6. The third-order valence-electron chi connectivity index (χ3n) is 3.41. The number of hydrogen-bond donors (Lipinski definition) is 2. The highest BCUT2D eigenvalue weighted by Gasteiger charge is 2.08. The number of nitrogens with zero attached hydrogens (tertiary/aromatic N) is 1. The molecule has 114 valence electrons. The maximum absolute atomic E-state index is 4.25. The van der Waals surface area contributed by atoms with Gasteiger partial charge in [-0.05, 0) is 31.7 Å². The summed E-state index contributed by atoms with van der Waals surface area (Å²) in [4.78, 5) is 4.25. The van der Waals surface area contributed by atoms with Gasteiger partial charge in [0.2, 0.25) is 0 Å². The van der Waals surface area contributed by atoms with E-state index in [4.69, 9.17) is 0 Å². The lowest BCUT2D eigenvalue weighted by molar-refractivity contribution is 0.614. The average Bonchev–Trinajstić information content (AvgIpc) is 2.42. The average molecular weight is 389 g/mol. The van der Waals surface area contributed by atoms with Gasteiger partial charge in [-0.3, -0.25) is 4.99 Å². The van der Waals surface area contributed by atoms with Crippen LogP contribution in [0.15, 0.2) is 29.3 Å². The maximum Gasteiger partial charge on any atom is 0.191 e. The van der Waals surface area contributed by atoms with Crippen molar-refractivity contribution in [2.75, 3.05) is 13.6 Å². The Balaban J connectivity index is 0.00000361. The SMILES string of the molecule is CCC(C)NC(=NC)NCC(C)c1cccc(C)c1.I. The number of rotatable bonds is 5. The van der Waals surface area contributed by atoms with Crippen molar-refractivity contribution in [3.8, 4) is 0 Å². The van der Waals surface area contributed by atoms with E-state index in [2.05, 4.69) is 67.6 Å². The van der Waals surface area contributed by atoms with Gasteiger partial charge in [0, 0.05) is 19.6 Å². The molecule has 4 heteroatoms. The number of nitrogens with one attached hydrogen (secondary N) is 2. The van der Waals surface area contributed by atoms with Crippen LogP contribution in [0.3, 0.4) is 0 Å². The van der Waals surface area contributed by atoms with Gasteiger partial charge >= 0.3 is 0 Å². The molecule has 2 N–H and O–H groups in total. The molecular formula is C16H28IN3. The lowest BCUT2D eigenvalue weighted by atomic mass is 9.99. The van der Waals surface area contributed by atoms with Crippen LogP contribution < -0.4 is 10.6 Å². The van der Waals surface area contributed by atoms with Crippen molar-refractivity contribution in [2.45, 2.75) is 46.1 Å². The fourth-order valence-electron chi connectivity index (χ4n) is 1.87. The van der Waals surface area contributed by atoms with E-state index in [-0.39, 0.29) is 24.0 Å². The molecule has 1 aromatic rings. The minimum Gasteiger partial charge on any atom is -0.356 e. The third-order valence-corrected chi connectivity index (χ3v) is 3.41. The molecule has 0 aromatic heterocycles. The minimum absolute atomic E-state index is 0. The van der Waals surface area contributed by atoms with Crippen LogP contribution >= 0.6 is 24.0 Å². The molecule has 0 aliphatic rings. The molecule has 0 bridgehead atoms. The summed E-state index contributed by atoms with van der Waals surface area (Å²) in [6, 6.07) is 9.13. The standard InChI is InChI=1S/C16H27N3.HI/c1-6-14(4)19-16(17-5)18-11-13(3)15-9-7-8-12(2)10-15;/h7-10,13-14H,6,11H2,1-5H3,(H2,17,18,19);1H. The highest BCUT2D eigenvalue weighted by Crippen LogP contribution is 2.15. The quantitative estimate of drug-likeness (QED) is 0.458. The Morgan fingerprint density at radius 2 is 2.00 bits per heavy atom. The molecule has 1 rings (SSSR count). The Hall–Kier alpha value is -0.780. The van der Waals surface area contributed by atoms with Crippen molar-refractivity contribution < 1.29 is 0 Å². The topological polar surface area (TPSA) is 36.4 Å². The zero-order chi connectivity index (χ0) is 14.3. The van der Waals surface area contributed by atoms with Crippen LogP contribution in [0.4, 0.5) is 0 Å². The number of halogens is 1. The first-order valence-electron chi connectivity index (χ1n) is 7.10. The summed E-state index contributed by atoms with van der Waals surface area (Å²) in [5.41, 5.74) is 2.68. The first kappa shape index (κ1) is 19.2. The van der Waals surface area contributed by atoms with E-state index in [1.54, 1.807) is 0 Å². The summed E-state index contributed by atoms with van der Waals surface area (Å²) < 4.78 is 0. The van der Waals surface area contributed by atoms with Crippen molar-refractivity contribution in [3.05, 3.63) is 35.4 Å². The highest BCUT2D eigenvalue weighted by molar-refractivity contribution is 14.0. The number of aryl methyl sites for hydroxylation is 1. The summed E-state index contributed by atoms with van der Waals surface area (Å²) in [5, 5.41) is 6.76. The highest BCUT2D eigenvalue weighted by atomic mass is 127. The Bertz CT molecular complexity index is 418. The number of aliphatic imine (C=N–C) groups is 1. The Kier molecular flexibility index (Phi) is 9.63. The second kappa shape index (κ2) is 10.0. The first-order chi connectivity index (χ1) is 9.06. The van der Waals surface area contributed by atoms with Crippen molar-refractivity contribution in [1.29, 1.82) is 0 Å². The van der Waals surface area contributed by atoms with Gasteiger partial charge in [0.1, 0.15) is 0 Å². The molecule has 2 atom stereocenters. The van der Waals surface area contributed by atoms with E-state index >= 15 is 0 Å². The molecule has 3 nitrogen and oxygen atoms in total. The van der Waals surface area contributed by atoms with Crippen molar-refractivity contribution >= 4 is 29.9 Å². The van der Waals surface area contributed by atoms with Crippen molar-refractivity contribution in [2.24, 2.45) is 4.99 Å². The monoisotopic (exact) mass is 389 g/mol. The Labute approximate surface area is 140 Å². The van der Waals surface area contributed by atoms with Crippen LogP contribution in [0, 0.1) is 6.92 Å². The van der Waals surface area contributed by atoms with E-state index in [9.17, 15) is 0 Å². The van der Waals surface area contributed by atoms with Gasteiger partial charge in [0.25, 0.3) is 0 Å². The smallest absolute Gasteiger partial charge is 0.191 e. The first-order valence-corrected chi connectivity index (χ1v) is 7.10. The summed E-state index contributed by atoms with van der Waals surface area (Å²) in [6.07, 6.45) is 1.09. The summed E-state index contributed by atoms with van der Waals surface area (Å²) in [7, 11) is 1.81. The van der Waals surface area contributed by atoms with Gasteiger partial charge in [0.05, 0.1) is 0 Å². The van der Waals surface area contributed by atoms with Gasteiger partial charge in [-0.25, -0.2) is 0 Å². The van der Waals surface area contributed by atoms with Gasteiger partial charge < -0.3 is 10.6 Å². The lowest BCUT2D eigenvalue weighted by Crippen LogP contribution is -2.43. The molecule has 0 aliphatic heterocycles. The summed E-state index contributed by atoms with van der Waals surface area (Å²) in [6.45, 7) is 9.59. The van der Waals surface area contributed by atoms with Crippen LogP contribution in [-0.4, -0.2) is 25.6 Å². The van der Waals surface area contributed by atoms with Crippen LogP contribution in [0.5, 0.6) is 0 Å². The molecule has 0 aliphatic carbocycles. The van der Waals surface area contributed by atoms with Crippen molar-refractivity contribution in [3.63, 3.8) is 0 Å². The fraction of sp³-hybridized carbons (Fsp3) is 0.562. The van der Waals surface area contributed by atoms with Gasteiger partial charge in [-0.2, -0.15) is 0 Å². The maximum atomic E-state index is 4.25. The third kappa shape index (κ3) is 6.59. The van der Waals surface area contributed by atoms with Crippen LogP contribution in [0.1, 0.15) is 44.2 Å². The van der Waals surface area contributed by atoms with Gasteiger partial charge in [-0.15, -0.1) is 24.0 Å². The predicted octanol–water partition coefficient (Wildman–Crippen LogP) is 3.68. The molecule has 0 saturated carbocycles. The number of hydrogen-bond acceptors (Lipinski definition) is 1. The van der Waals surface area contributed by atoms with E-state index < -0.39 is 0 Å². The Morgan fingerprint density at radius 1 is 1.30 bits per heavy atom. The van der Waals surface area contributed by atoms with Gasteiger partial charge in [-0.1, -0.05) is 43.7 Å². The molecule has 0 amide bonds. The van der Waals surface area contributed by atoms with E-state index in [1.807, 2.05) is 7.05 Å². The second-order valence-corrected chi connectivity index (χ2v) is 5.22. The van der Waals surface area contributed by atoms with E-state index in [1.165, 1.54) is 11.1 Å². The molecule has 0 heterocycles. The second-order valence-electron chi connectivity index (χ2n) is 5.22. The lowest BCUT2D eigenvalue weighted by Gasteiger charge is -2.19. The van der Waals surface area contributed by atoms with E-state index in [0.29, 0.717) is 12.0 Å². The molecule has 0 fully saturated rings. The largest absolute Gasteiger partial charge is 0.356 e. The molecule has 0 saturated heterocycles. The van der Waals surface area contributed by atoms with Crippen molar-refractivity contribution in [1.82, 2.24) is 10.6 Å². The van der Waals surface area contributed by atoms with E-state index in [0.717, 1.165) is 18.9 Å². The van der Waals surface area contributed by atoms with Crippen LogP contribution in [0.2, 0.25) is 0 Å². The van der Waals surface area contributed by atoms with Crippen LogP contribution in [0.25, 0.3) is 0 Å². The molecule has 20 heavy (non-hydrogen) atoms. The molecule has 0 spiro atoms. The fourth-order valence-corrected chi connectivity index (χ4v) is 1.87. The molecule has 2 unspecified atom stereocenters. The Morgan fingerprint density at radius 3 is 2.55 bits per heavy atom. The van der Waals surface area contributed by atoms with Crippen LogP contribution in [-0.2, 0) is 0 Å². The summed E-state index contributed by atoms with van der Waals surface area (Å²) >= 11 is 0. The summed E-state index contributed by atoms with van der Waals surface area (Å²) in [5.74, 6) is 1.35. The number of guanidine groups is 1. The number of benzene rings is 1. The minimum atomic E-state index is 0. The van der Waals surface area contributed by atoms with Gasteiger partial charge in [0.15, 0.2) is 5.96 Å². The normalized spacial score (nSPS) is 14.2. The molecule has 1 aromatic carbocycles. The predicted molar refractivity (Wildman–Crippen MR) is 99.3 cm³/mol.